The Labute approximate surface area is 82.9 Å². The molecule has 0 aliphatic carbocycles. The van der Waals surface area contributed by atoms with Gasteiger partial charge in [-0.05, 0) is 32.9 Å². The molecule has 2 nitrogen and oxygen atoms in total. The molecular formula is C11H24N2. The Hall–Kier alpha value is -0.0800. The SMILES string of the molecule is CC.CN1CC2CCC(C1)N(C)C2. The van der Waals surface area contributed by atoms with Crippen LogP contribution in [0.15, 0.2) is 0 Å². The molecular weight excluding hydrogens is 160 g/mol. The Morgan fingerprint density at radius 3 is 2.23 bits per heavy atom. The summed E-state index contributed by atoms with van der Waals surface area (Å²) < 4.78 is 0. The molecule has 0 saturated carbocycles. The van der Waals surface area contributed by atoms with Crippen molar-refractivity contribution in [2.45, 2.75) is 32.7 Å². The molecule has 3 aliphatic heterocycles. The lowest BCUT2D eigenvalue weighted by molar-refractivity contribution is 0.166. The average Bonchev–Trinajstić information content (AvgIpc) is 2.37. The third-order valence-electron chi connectivity index (χ3n) is 3.17. The Morgan fingerprint density at radius 1 is 0.923 bits per heavy atom. The molecule has 0 spiro atoms. The summed E-state index contributed by atoms with van der Waals surface area (Å²) in [5, 5.41) is 0. The van der Waals surface area contributed by atoms with Gasteiger partial charge in [0.2, 0.25) is 0 Å². The van der Waals surface area contributed by atoms with E-state index in [1.165, 1.54) is 32.5 Å². The van der Waals surface area contributed by atoms with Gasteiger partial charge in [-0.2, -0.15) is 0 Å². The minimum absolute atomic E-state index is 0.846. The van der Waals surface area contributed by atoms with Crippen LogP contribution in [0.5, 0.6) is 0 Å². The highest BCUT2D eigenvalue weighted by atomic mass is 15.2. The quantitative estimate of drug-likeness (QED) is 0.565. The molecule has 3 fully saturated rings. The molecule has 0 aromatic carbocycles. The molecule has 0 radical (unpaired) electrons. The van der Waals surface area contributed by atoms with E-state index in [4.69, 9.17) is 0 Å². The lowest BCUT2D eigenvalue weighted by Gasteiger charge is -2.32. The predicted octanol–water partition coefficient (Wildman–Crippen LogP) is 1.67. The van der Waals surface area contributed by atoms with Crippen LogP contribution in [-0.2, 0) is 0 Å². The van der Waals surface area contributed by atoms with Gasteiger partial charge in [0.1, 0.15) is 0 Å². The van der Waals surface area contributed by atoms with Gasteiger partial charge in [0, 0.05) is 25.7 Å². The zero-order valence-electron chi connectivity index (χ0n) is 9.58. The molecule has 13 heavy (non-hydrogen) atoms. The molecule has 3 aliphatic rings. The van der Waals surface area contributed by atoms with Crippen LogP contribution in [0.25, 0.3) is 0 Å². The number of rotatable bonds is 0. The van der Waals surface area contributed by atoms with Crippen LogP contribution in [0.1, 0.15) is 26.7 Å². The zero-order valence-corrected chi connectivity index (χ0v) is 9.58. The monoisotopic (exact) mass is 184 g/mol. The summed E-state index contributed by atoms with van der Waals surface area (Å²) in [6.07, 6.45) is 2.88. The summed E-state index contributed by atoms with van der Waals surface area (Å²) in [5.41, 5.74) is 0. The molecule has 2 heteroatoms. The highest BCUT2D eigenvalue weighted by molar-refractivity contribution is 4.86. The third kappa shape index (κ3) is 2.68. The Kier molecular flexibility index (Phi) is 4.20. The van der Waals surface area contributed by atoms with Crippen LogP contribution >= 0.6 is 0 Å². The Bertz CT molecular complexity index is 145. The predicted molar refractivity (Wildman–Crippen MR) is 58.0 cm³/mol. The maximum atomic E-state index is 2.54. The lowest BCUT2D eigenvalue weighted by atomic mass is 9.96. The molecule has 3 saturated heterocycles. The average molecular weight is 184 g/mol. The van der Waals surface area contributed by atoms with Crippen molar-refractivity contribution >= 4 is 0 Å². The van der Waals surface area contributed by atoms with E-state index < -0.39 is 0 Å². The first-order chi connectivity index (χ1) is 6.25. The van der Waals surface area contributed by atoms with Gasteiger partial charge >= 0.3 is 0 Å². The molecule has 0 N–H and O–H groups in total. The van der Waals surface area contributed by atoms with Gasteiger partial charge < -0.3 is 9.80 Å². The minimum atomic E-state index is 0.846. The number of hydrogen-bond donors (Lipinski definition) is 0. The van der Waals surface area contributed by atoms with Crippen LogP contribution in [0.3, 0.4) is 0 Å². The Balaban J connectivity index is 0.000000396. The molecule has 2 unspecified atom stereocenters. The van der Waals surface area contributed by atoms with E-state index in [9.17, 15) is 0 Å². The fourth-order valence-electron chi connectivity index (χ4n) is 2.55. The summed E-state index contributed by atoms with van der Waals surface area (Å²) in [4.78, 5) is 5.03. The summed E-state index contributed by atoms with van der Waals surface area (Å²) >= 11 is 0. The van der Waals surface area contributed by atoms with E-state index in [1.54, 1.807) is 0 Å². The summed E-state index contributed by atoms with van der Waals surface area (Å²) in [6.45, 7) is 7.93. The van der Waals surface area contributed by atoms with Crippen molar-refractivity contribution in [3.05, 3.63) is 0 Å². The van der Waals surface area contributed by atoms with E-state index >= 15 is 0 Å². The van der Waals surface area contributed by atoms with Gasteiger partial charge in [0.05, 0.1) is 0 Å². The van der Waals surface area contributed by atoms with E-state index in [1.807, 2.05) is 13.8 Å². The summed E-state index contributed by atoms with van der Waals surface area (Å²) in [7, 11) is 4.53. The van der Waals surface area contributed by atoms with Crippen molar-refractivity contribution < 1.29 is 0 Å². The molecule has 0 aromatic rings. The molecule has 2 atom stereocenters. The second kappa shape index (κ2) is 4.97. The lowest BCUT2D eigenvalue weighted by Crippen LogP contribution is -2.40. The van der Waals surface area contributed by atoms with E-state index in [2.05, 4.69) is 23.9 Å². The normalized spacial score (nSPS) is 35.1. The van der Waals surface area contributed by atoms with Crippen LogP contribution in [0.4, 0.5) is 0 Å². The largest absolute Gasteiger partial charge is 0.304 e. The van der Waals surface area contributed by atoms with Crippen LogP contribution in [0.2, 0.25) is 0 Å². The topological polar surface area (TPSA) is 6.48 Å². The molecule has 3 heterocycles. The maximum absolute atomic E-state index is 2.54. The summed E-state index contributed by atoms with van der Waals surface area (Å²) in [6, 6.07) is 0.846. The van der Waals surface area contributed by atoms with Gasteiger partial charge in [0.15, 0.2) is 0 Å². The number of piperidine rings is 1. The van der Waals surface area contributed by atoms with Crippen molar-refractivity contribution in [3.63, 3.8) is 0 Å². The molecule has 3 rings (SSSR count). The molecule has 0 aromatic heterocycles. The fraction of sp³-hybridized carbons (Fsp3) is 1.00. The van der Waals surface area contributed by atoms with Crippen LogP contribution in [0, 0.1) is 5.92 Å². The van der Waals surface area contributed by atoms with Crippen molar-refractivity contribution in [3.8, 4) is 0 Å². The van der Waals surface area contributed by atoms with Crippen LogP contribution in [-0.4, -0.2) is 49.6 Å². The minimum Gasteiger partial charge on any atom is -0.304 e. The molecule has 0 amide bonds. The zero-order chi connectivity index (χ0) is 9.84. The van der Waals surface area contributed by atoms with Crippen molar-refractivity contribution in [2.75, 3.05) is 33.7 Å². The van der Waals surface area contributed by atoms with Crippen molar-refractivity contribution in [1.29, 1.82) is 0 Å². The van der Waals surface area contributed by atoms with Gasteiger partial charge in [-0.1, -0.05) is 13.8 Å². The standard InChI is InChI=1S/C9H18N2.C2H6/c1-10-5-8-3-4-9(7-10)11(2)6-8;1-2/h8-9H,3-7H2,1-2H3;1-2H3. The molecule has 78 valence electrons. The van der Waals surface area contributed by atoms with E-state index in [0.29, 0.717) is 0 Å². The second-order valence-corrected chi connectivity index (χ2v) is 4.26. The fourth-order valence-corrected chi connectivity index (χ4v) is 2.55. The van der Waals surface area contributed by atoms with E-state index in [0.717, 1.165) is 12.0 Å². The van der Waals surface area contributed by atoms with Gasteiger partial charge in [-0.3, -0.25) is 0 Å². The first kappa shape index (κ1) is 11.0. The third-order valence-corrected chi connectivity index (χ3v) is 3.17. The van der Waals surface area contributed by atoms with Crippen molar-refractivity contribution in [2.24, 2.45) is 5.92 Å². The Morgan fingerprint density at radius 2 is 1.62 bits per heavy atom. The smallest absolute Gasteiger partial charge is 0.0220 e. The highest BCUT2D eigenvalue weighted by Crippen LogP contribution is 2.25. The van der Waals surface area contributed by atoms with Crippen LogP contribution < -0.4 is 0 Å². The number of fused-ring (bicyclic) bond motifs is 4. The first-order valence-electron chi connectivity index (χ1n) is 5.64. The number of nitrogens with zero attached hydrogens (tertiary/aromatic N) is 2. The number of likely N-dealkylation sites (N-methyl/N-ethyl adjacent to an activating group) is 2. The second-order valence-electron chi connectivity index (χ2n) is 4.26. The van der Waals surface area contributed by atoms with Crippen molar-refractivity contribution in [1.82, 2.24) is 9.80 Å². The maximum Gasteiger partial charge on any atom is 0.0220 e. The highest BCUT2D eigenvalue weighted by Gasteiger charge is 2.30. The number of hydrogen-bond acceptors (Lipinski definition) is 2. The first-order valence-corrected chi connectivity index (χ1v) is 5.64. The van der Waals surface area contributed by atoms with Gasteiger partial charge in [-0.15, -0.1) is 0 Å². The van der Waals surface area contributed by atoms with Gasteiger partial charge in [0.25, 0.3) is 0 Å². The molecule has 2 bridgehead atoms. The van der Waals surface area contributed by atoms with E-state index in [-0.39, 0.29) is 0 Å². The summed E-state index contributed by atoms with van der Waals surface area (Å²) in [5.74, 6) is 0.948. The van der Waals surface area contributed by atoms with Gasteiger partial charge in [-0.25, -0.2) is 0 Å².